The predicted molar refractivity (Wildman–Crippen MR) is 80.2 cm³/mol. The number of benzene rings is 1. The summed E-state index contributed by atoms with van der Waals surface area (Å²) in [6, 6.07) is 12.6. The monoisotopic (exact) mass is 328 g/mol. The molecule has 1 aromatic carbocycles. The Morgan fingerprint density at radius 1 is 1.24 bits per heavy atom. The summed E-state index contributed by atoms with van der Waals surface area (Å²) in [6.45, 7) is 4.27. The highest BCUT2D eigenvalue weighted by atomic mass is 79.9. The summed E-state index contributed by atoms with van der Waals surface area (Å²) in [7, 11) is 0. The van der Waals surface area contributed by atoms with Gasteiger partial charge in [-0.3, -0.25) is 0 Å². The summed E-state index contributed by atoms with van der Waals surface area (Å²) in [6.07, 6.45) is 0. The first-order valence-corrected chi connectivity index (χ1v) is 7.59. The molecule has 0 nitrogen and oxygen atoms in total. The van der Waals surface area contributed by atoms with Crippen LogP contribution in [0.25, 0.3) is 0 Å². The zero-order valence-corrected chi connectivity index (χ0v) is 12.9. The number of aryl methyl sites for hydroxylation is 1. The second-order valence-corrected chi connectivity index (χ2v) is 7.08. The van der Waals surface area contributed by atoms with Gasteiger partial charge in [-0.1, -0.05) is 37.3 Å². The molecule has 3 heteroatoms. The third-order valence-corrected chi connectivity index (χ3v) is 5.87. The molecule has 0 radical (unpaired) electrons. The third-order valence-electron chi connectivity index (χ3n) is 2.91. The smallest absolute Gasteiger partial charge is 0.0744 e. The molecule has 0 bridgehead atoms. The Balaban J connectivity index is 2.23. The second-order valence-electron chi connectivity index (χ2n) is 4.21. The van der Waals surface area contributed by atoms with Gasteiger partial charge in [0.1, 0.15) is 0 Å². The van der Waals surface area contributed by atoms with Crippen LogP contribution in [-0.2, 0) is 0 Å². The lowest BCUT2D eigenvalue weighted by atomic mass is 9.96. The number of thiophene rings is 1. The normalized spacial score (nSPS) is 14.6. The van der Waals surface area contributed by atoms with Crippen molar-refractivity contribution in [2.45, 2.75) is 25.1 Å². The average Bonchev–Trinajstić information content (AvgIpc) is 2.69. The van der Waals surface area contributed by atoms with E-state index in [9.17, 15) is 0 Å². The predicted octanol–water partition coefficient (Wildman–Crippen LogP) is 5.90. The van der Waals surface area contributed by atoms with Crippen molar-refractivity contribution in [3.63, 3.8) is 0 Å². The van der Waals surface area contributed by atoms with Crippen molar-refractivity contribution >= 4 is 38.9 Å². The minimum Gasteiger partial charge on any atom is -0.131 e. The van der Waals surface area contributed by atoms with E-state index >= 15 is 0 Å². The van der Waals surface area contributed by atoms with Gasteiger partial charge < -0.3 is 0 Å². The van der Waals surface area contributed by atoms with Crippen molar-refractivity contribution < 1.29 is 0 Å². The van der Waals surface area contributed by atoms with Gasteiger partial charge in [-0.2, -0.15) is 0 Å². The minimum absolute atomic E-state index is 0.0346. The maximum absolute atomic E-state index is 6.57. The molecule has 2 aromatic rings. The number of hydrogen-bond acceptors (Lipinski definition) is 1. The lowest BCUT2D eigenvalue weighted by Crippen LogP contribution is -2.00. The van der Waals surface area contributed by atoms with E-state index in [0.717, 1.165) is 0 Å². The molecule has 0 N–H and O–H groups in total. The van der Waals surface area contributed by atoms with E-state index in [4.69, 9.17) is 11.6 Å². The van der Waals surface area contributed by atoms with E-state index in [1.807, 2.05) is 6.07 Å². The van der Waals surface area contributed by atoms with Crippen LogP contribution < -0.4 is 0 Å². The maximum Gasteiger partial charge on any atom is 0.0744 e. The first-order valence-electron chi connectivity index (χ1n) is 5.54. The van der Waals surface area contributed by atoms with Crippen LogP contribution in [0.3, 0.4) is 0 Å². The topological polar surface area (TPSA) is 0 Å². The van der Waals surface area contributed by atoms with E-state index in [0.29, 0.717) is 5.92 Å². The molecule has 90 valence electrons. The Hall–Kier alpha value is -0.310. The van der Waals surface area contributed by atoms with Gasteiger partial charge in [0.2, 0.25) is 0 Å². The van der Waals surface area contributed by atoms with Crippen molar-refractivity contribution in [3.8, 4) is 0 Å². The Kier molecular flexibility index (Phi) is 4.29. The largest absolute Gasteiger partial charge is 0.131 e. The highest BCUT2D eigenvalue weighted by Gasteiger charge is 2.20. The molecule has 0 saturated heterocycles. The molecule has 0 aliphatic carbocycles. The molecule has 0 fully saturated rings. The molecule has 2 atom stereocenters. The summed E-state index contributed by atoms with van der Waals surface area (Å²) >= 11 is 11.8. The van der Waals surface area contributed by atoms with Crippen LogP contribution >= 0.6 is 38.9 Å². The summed E-state index contributed by atoms with van der Waals surface area (Å²) in [5.74, 6) is 0.322. The van der Waals surface area contributed by atoms with E-state index in [1.54, 1.807) is 11.3 Å². The quantitative estimate of drug-likeness (QED) is 0.615. The Morgan fingerprint density at radius 3 is 2.41 bits per heavy atom. The van der Waals surface area contributed by atoms with Gasteiger partial charge >= 0.3 is 0 Å². The molecular formula is C14H14BrClS. The second kappa shape index (κ2) is 5.55. The molecule has 1 heterocycles. The van der Waals surface area contributed by atoms with Crippen LogP contribution in [0.2, 0.25) is 0 Å². The van der Waals surface area contributed by atoms with Crippen molar-refractivity contribution in [1.29, 1.82) is 0 Å². The Labute approximate surface area is 120 Å². The highest BCUT2D eigenvalue weighted by molar-refractivity contribution is 9.11. The molecule has 0 spiro atoms. The zero-order chi connectivity index (χ0) is 12.4. The fraction of sp³-hybridized carbons (Fsp3) is 0.286. The molecule has 0 aliphatic rings. The standard InChI is InChI=1S/C14H14BrClS/c1-9-8-12(17-14(9)15)13(16)10(2)11-6-4-3-5-7-11/h3-8,10,13H,1-2H3. The molecular weight excluding hydrogens is 316 g/mol. The zero-order valence-electron chi connectivity index (χ0n) is 9.78. The van der Waals surface area contributed by atoms with Gasteiger partial charge in [0.15, 0.2) is 0 Å². The van der Waals surface area contributed by atoms with E-state index in [1.165, 1.54) is 19.8 Å². The number of alkyl halides is 1. The van der Waals surface area contributed by atoms with Crippen LogP contribution in [-0.4, -0.2) is 0 Å². The van der Waals surface area contributed by atoms with E-state index < -0.39 is 0 Å². The van der Waals surface area contributed by atoms with Crippen molar-refractivity contribution in [3.05, 3.63) is 56.2 Å². The van der Waals surface area contributed by atoms with Crippen molar-refractivity contribution in [2.24, 2.45) is 0 Å². The maximum atomic E-state index is 6.57. The Bertz CT molecular complexity index is 473. The van der Waals surface area contributed by atoms with Crippen LogP contribution in [0.15, 0.2) is 40.2 Å². The van der Waals surface area contributed by atoms with Gasteiger partial charge in [0, 0.05) is 10.8 Å². The molecule has 1 aromatic heterocycles. The summed E-state index contributed by atoms with van der Waals surface area (Å²) < 4.78 is 1.18. The van der Waals surface area contributed by atoms with Gasteiger partial charge in [0.25, 0.3) is 0 Å². The van der Waals surface area contributed by atoms with Gasteiger partial charge in [-0.05, 0) is 40.0 Å². The first-order chi connectivity index (χ1) is 8.09. The first kappa shape index (κ1) is 13.1. The fourth-order valence-corrected chi connectivity index (χ4v) is 3.79. The molecule has 0 aliphatic heterocycles. The van der Waals surface area contributed by atoms with E-state index in [2.05, 4.69) is 60.1 Å². The summed E-state index contributed by atoms with van der Waals surface area (Å²) in [5.41, 5.74) is 2.55. The summed E-state index contributed by atoms with van der Waals surface area (Å²) in [4.78, 5) is 1.23. The lowest BCUT2D eigenvalue weighted by molar-refractivity contribution is 0.741. The third kappa shape index (κ3) is 2.93. The van der Waals surface area contributed by atoms with Crippen molar-refractivity contribution in [1.82, 2.24) is 0 Å². The van der Waals surface area contributed by atoms with Gasteiger partial charge in [0.05, 0.1) is 9.16 Å². The molecule has 0 saturated carbocycles. The van der Waals surface area contributed by atoms with Gasteiger partial charge in [-0.15, -0.1) is 22.9 Å². The SMILES string of the molecule is Cc1cc(C(Cl)C(C)c2ccccc2)sc1Br. The molecule has 0 amide bonds. The van der Waals surface area contributed by atoms with Crippen LogP contribution in [0.4, 0.5) is 0 Å². The Morgan fingerprint density at radius 2 is 1.88 bits per heavy atom. The van der Waals surface area contributed by atoms with Crippen LogP contribution in [0.5, 0.6) is 0 Å². The average molecular weight is 330 g/mol. The minimum atomic E-state index is 0.0346. The van der Waals surface area contributed by atoms with Crippen molar-refractivity contribution in [2.75, 3.05) is 0 Å². The van der Waals surface area contributed by atoms with E-state index in [-0.39, 0.29) is 5.38 Å². The highest BCUT2D eigenvalue weighted by Crippen LogP contribution is 2.41. The summed E-state index contributed by atoms with van der Waals surface area (Å²) in [5, 5.41) is 0.0346. The number of hydrogen-bond donors (Lipinski definition) is 0. The molecule has 17 heavy (non-hydrogen) atoms. The molecule has 2 rings (SSSR count). The fourth-order valence-electron chi connectivity index (χ4n) is 1.79. The van der Waals surface area contributed by atoms with Gasteiger partial charge in [-0.25, -0.2) is 0 Å². The number of rotatable bonds is 3. The lowest BCUT2D eigenvalue weighted by Gasteiger charge is -2.17. The van der Waals surface area contributed by atoms with Crippen LogP contribution in [0, 0.1) is 6.92 Å². The van der Waals surface area contributed by atoms with Crippen LogP contribution in [0.1, 0.15) is 34.2 Å². The number of halogens is 2. The molecule has 2 unspecified atom stereocenters.